The third-order valence-corrected chi connectivity index (χ3v) is 5.18. The maximum Gasteiger partial charge on any atom is 0.262 e. The molecule has 142 valence electrons. The van der Waals surface area contributed by atoms with E-state index in [9.17, 15) is 9.59 Å². The summed E-state index contributed by atoms with van der Waals surface area (Å²) in [5, 5.41) is 3.35. The number of nitrogens with zero attached hydrogens (tertiary/aromatic N) is 1. The van der Waals surface area contributed by atoms with E-state index in [-0.39, 0.29) is 18.4 Å². The fourth-order valence-electron chi connectivity index (χ4n) is 2.97. The standard InChI is InChI=1S/C20H20BrClN2O3/c21-16-12-14(22)8-9-18(16)27-13-19(25)23-17-7-3-2-6-15(17)20(26)24-10-4-1-5-11-24/h2-3,6-9,12H,1,4-5,10-11,13H2,(H,23,25). The number of benzene rings is 2. The van der Waals surface area contributed by atoms with Crippen molar-refractivity contribution in [2.75, 3.05) is 25.0 Å². The normalized spacial score (nSPS) is 13.9. The molecule has 3 rings (SSSR count). The number of carbonyl (C=O) groups excluding carboxylic acids is 2. The number of carbonyl (C=O) groups is 2. The molecule has 1 fully saturated rings. The summed E-state index contributed by atoms with van der Waals surface area (Å²) in [5.74, 6) is 0.134. The Kier molecular flexibility index (Phi) is 6.74. The van der Waals surface area contributed by atoms with Gasteiger partial charge < -0.3 is 15.0 Å². The SMILES string of the molecule is O=C(COc1ccc(Cl)cc1Br)Nc1ccccc1C(=O)N1CCCCC1. The molecule has 7 heteroatoms. The van der Waals surface area contributed by atoms with Crippen LogP contribution in [-0.4, -0.2) is 36.4 Å². The fraction of sp³-hybridized carbons (Fsp3) is 0.300. The van der Waals surface area contributed by atoms with Crippen molar-refractivity contribution in [1.82, 2.24) is 4.90 Å². The minimum absolute atomic E-state index is 0.0491. The predicted molar refractivity (Wildman–Crippen MR) is 109 cm³/mol. The van der Waals surface area contributed by atoms with Gasteiger partial charge in [0.2, 0.25) is 0 Å². The maximum atomic E-state index is 12.8. The molecule has 1 N–H and O–H groups in total. The summed E-state index contributed by atoms with van der Waals surface area (Å²) in [6.07, 6.45) is 3.19. The third-order valence-electron chi connectivity index (χ3n) is 4.33. The molecule has 1 saturated heterocycles. The van der Waals surface area contributed by atoms with Gasteiger partial charge in [-0.3, -0.25) is 9.59 Å². The second kappa shape index (κ2) is 9.24. The Morgan fingerprint density at radius 3 is 2.59 bits per heavy atom. The number of anilines is 1. The van der Waals surface area contributed by atoms with Crippen LogP contribution >= 0.6 is 27.5 Å². The zero-order valence-electron chi connectivity index (χ0n) is 14.7. The van der Waals surface area contributed by atoms with Crippen molar-refractivity contribution < 1.29 is 14.3 Å². The first-order valence-corrected chi connectivity index (χ1v) is 9.97. The molecule has 1 heterocycles. The van der Waals surface area contributed by atoms with Gasteiger partial charge in [-0.1, -0.05) is 23.7 Å². The van der Waals surface area contributed by atoms with E-state index < -0.39 is 0 Å². The Balaban J connectivity index is 1.64. The van der Waals surface area contributed by atoms with Crippen molar-refractivity contribution >= 4 is 45.0 Å². The third kappa shape index (κ3) is 5.23. The molecular formula is C20H20BrClN2O3. The Morgan fingerprint density at radius 2 is 1.85 bits per heavy atom. The zero-order chi connectivity index (χ0) is 19.2. The molecule has 2 aromatic rings. The summed E-state index contributed by atoms with van der Waals surface area (Å²) < 4.78 is 6.20. The summed E-state index contributed by atoms with van der Waals surface area (Å²) in [6.45, 7) is 1.34. The van der Waals surface area contributed by atoms with E-state index in [4.69, 9.17) is 16.3 Å². The highest BCUT2D eigenvalue weighted by atomic mass is 79.9. The van der Waals surface area contributed by atoms with Gasteiger partial charge in [0, 0.05) is 18.1 Å². The maximum absolute atomic E-state index is 12.8. The number of hydrogen-bond donors (Lipinski definition) is 1. The molecule has 0 spiro atoms. The van der Waals surface area contributed by atoms with Crippen molar-refractivity contribution in [2.24, 2.45) is 0 Å². The smallest absolute Gasteiger partial charge is 0.262 e. The summed E-state index contributed by atoms with van der Waals surface area (Å²) in [4.78, 5) is 26.9. The van der Waals surface area contributed by atoms with Crippen LogP contribution in [0.3, 0.4) is 0 Å². The van der Waals surface area contributed by atoms with Gasteiger partial charge >= 0.3 is 0 Å². The summed E-state index contributed by atoms with van der Waals surface area (Å²) in [6, 6.07) is 12.1. The Bertz CT molecular complexity index is 838. The van der Waals surface area contributed by atoms with Gasteiger partial charge in [-0.15, -0.1) is 0 Å². The summed E-state index contributed by atoms with van der Waals surface area (Å²) >= 11 is 9.24. The molecule has 0 aromatic heterocycles. The molecule has 0 bridgehead atoms. The molecule has 0 saturated carbocycles. The predicted octanol–water partition coefficient (Wildman–Crippen LogP) is 4.75. The topological polar surface area (TPSA) is 58.6 Å². The lowest BCUT2D eigenvalue weighted by Crippen LogP contribution is -2.36. The number of ether oxygens (including phenoxy) is 1. The largest absolute Gasteiger partial charge is 0.483 e. The summed E-state index contributed by atoms with van der Waals surface area (Å²) in [7, 11) is 0. The molecule has 1 aliphatic heterocycles. The highest BCUT2D eigenvalue weighted by Gasteiger charge is 2.21. The van der Waals surface area contributed by atoms with E-state index in [2.05, 4.69) is 21.2 Å². The van der Waals surface area contributed by atoms with Crippen molar-refractivity contribution in [3.05, 3.63) is 57.5 Å². The van der Waals surface area contributed by atoms with Crippen LogP contribution in [0.15, 0.2) is 46.9 Å². The van der Waals surface area contributed by atoms with Crippen LogP contribution in [-0.2, 0) is 4.79 Å². The van der Waals surface area contributed by atoms with Crippen LogP contribution in [0.25, 0.3) is 0 Å². The van der Waals surface area contributed by atoms with Crippen LogP contribution in [0.4, 0.5) is 5.69 Å². The monoisotopic (exact) mass is 450 g/mol. The first-order chi connectivity index (χ1) is 13.0. The van der Waals surface area contributed by atoms with Gasteiger partial charge in [0.1, 0.15) is 5.75 Å². The van der Waals surface area contributed by atoms with Gasteiger partial charge in [0.15, 0.2) is 6.61 Å². The number of likely N-dealkylation sites (tertiary alicyclic amines) is 1. The van der Waals surface area contributed by atoms with Gasteiger partial charge in [0.25, 0.3) is 11.8 Å². The minimum atomic E-state index is -0.337. The Morgan fingerprint density at radius 1 is 1.11 bits per heavy atom. The highest BCUT2D eigenvalue weighted by Crippen LogP contribution is 2.28. The van der Waals surface area contributed by atoms with E-state index in [1.807, 2.05) is 4.90 Å². The number of rotatable bonds is 5. The molecule has 0 unspecified atom stereocenters. The lowest BCUT2D eigenvalue weighted by atomic mass is 10.1. The number of nitrogens with one attached hydrogen (secondary N) is 1. The van der Waals surface area contributed by atoms with E-state index in [0.29, 0.717) is 26.5 Å². The lowest BCUT2D eigenvalue weighted by molar-refractivity contribution is -0.118. The second-order valence-corrected chi connectivity index (χ2v) is 7.60. The quantitative estimate of drug-likeness (QED) is 0.714. The molecule has 0 atom stereocenters. The van der Waals surface area contributed by atoms with E-state index in [1.54, 1.807) is 42.5 Å². The number of piperidine rings is 1. The van der Waals surface area contributed by atoms with Crippen molar-refractivity contribution in [3.63, 3.8) is 0 Å². The Hall–Kier alpha value is -2.05. The van der Waals surface area contributed by atoms with Gasteiger partial charge in [0.05, 0.1) is 15.7 Å². The number of amides is 2. The van der Waals surface area contributed by atoms with Crippen LogP contribution in [0, 0.1) is 0 Å². The average Bonchev–Trinajstić information content (AvgIpc) is 2.68. The van der Waals surface area contributed by atoms with Crippen molar-refractivity contribution in [1.29, 1.82) is 0 Å². The number of para-hydroxylation sites is 1. The summed E-state index contributed by atoms with van der Waals surface area (Å²) in [5.41, 5.74) is 0.997. The molecule has 0 aliphatic carbocycles. The van der Waals surface area contributed by atoms with Crippen LogP contribution in [0.1, 0.15) is 29.6 Å². The van der Waals surface area contributed by atoms with Crippen LogP contribution in [0.5, 0.6) is 5.75 Å². The molecule has 0 radical (unpaired) electrons. The minimum Gasteiger partial charge on any atom is -0.483 e. The molecule has 2 amide bonds. The molecule has 1 aliphatic rings. The zero-order valence-corrected chi connectivity index (χ0v) is 17.1. The second-order valence-electron chi connectivity index (χ2n) is 6.31. The van der Waals surface area contributed by atoms with Gasteiger partial charge in [-0.25, -0.2) is 0 Å². The average molecular weight is 452 g/mol. The fourth-order valence-corrected chi connectivity index (χ4v) is 3.76. The van der Waals surface area contributed by atoms with Crippen LogP contribution in [0.2, 0.25) is 5.02 Å². The lowest BCUT2D eigenvalue weighted by Gasteiger charge is -2.27. The van der Waals surface area contributed by atoms with Gasteiger partial charge in [-0.05, 0) is 65.5 Å². The van der Waals surface area contributed by atoms with Crippen LogP contribution < -0.4 is 10.1 Å². The number of hydrogen-bond acceptors (Lipinski definition) is 3. The number of halogens is 2. The first-order valence-electron chi connectivity index (χ1n) is 8.80. The molecule has 5 nitrogen and oxygen atoms in total. The van der Waals surface area contributed by atoms with Gasteiger partial charge in [-0.2, -0.15) is 0 Å². The van der Waals surface area contributed by atoms with E-state index in [1.165, 1.54) is 0 Å². The van der Waals surface area contributed by atoms with E-state index in [0.717, 1.165) is 32.4 Å². The van der Waals surface area contributed by atoms with Crippen molar-refractivity contribution in [3.8, 4) is 5.75 Å². The van der Waals surface area contributed by atoms with Crippen molar-refractivity contribution in [2.45, 2.75) is 19.3 Å². The molecular weight excluding hydrogens is 432 g/mol. The Labute approximate surface area is 171 Å². The molecule has 2 aromatic carbocycles. The van der Waals surface area contributed by atoms with E-state index >= 15 is 0 Å². The highest BCUT2D eigenvalue weighted by molar-refractivity contribution is 9.10. The molecule has 27 heavy (non-hydrogen) atoms. The first kappa shape index (κ1) is 19.7.